The second-order valence-corrected chi connectivity index (χ2v) is 20.3. The lowest BCUT2D eigenvalue weighted by Crippen LogP contribution is -2.58. The number of thiophene rings is 1. The number of rotatable bonds is 10. The summed E-state index contributed by atoms with van der Waals surface area (Å²) in [7, 11) is 3.22. The summed E-state index contributed by atoms with van der Waals surface area (Å²) in [6.07, 6.45) is 10.1. The van der Waals surface area contributed by atoms with Gasteiger partial charge in [0.05, 0.1) is 37.2 Å². The molecule has 0 saturated heterocycles. The molecule has 6 aliphatic rings. The van der Waals surface area contributed by atoms with Crippen LogP contribution in [0.15, 0.2) is 78.4 Å². The number of aliphatic hydroxyl groups excluding tert-OH is 1. The molecule has 59 heavy (non-hydrogen) atoms. The molecule has 2 N–H and O–H groups in total. The van der Waals surface area contributed by atoms with Crippen LogP contribution in [-0.2, 0) is 17.6 Å². The number of hydrogen-bond donors (Lipinski definition) is 2. The van der Waals surface area contributed by atoms with Gasteiger partial charge in [-0.15, -0.1) is 11.3 Å². The summed E-state index contributed by atoms with van der Waals surface area (Å²) < 4.78 is 12.2. The summed E-state index contributed by atoms with van der Waals surface area (Å²) in [6.45, 7) is 10.0. The molecule has 4 aromatic rings. The third-order valence-corrected chi connectivity index (χ3v) is 16.7. The van der Waals surface area contributed by atoms with Gasteiger partial charge in [-0.05, 0) is 153 Å². The van der Waals surface area contributed by atoms with Crippen molar-refractivity contribution < 1.29 is 29.3 Å². The lowest BCUT2D eigenvalue weighted by atomic mass is 9.45. The maximum atomic E-state index is 14.8. The summed E-state index contributed by atoms with van der Waals surface area (Å²) in [6, 6.07) is 22.0. The van der Waals surface area contributed by atoms with Gasteiger partial charge in [0.15, 0.2) is 11.5 Å². The van der Waals surface area contributed by atoms with E-state index in [9.17, 15) is 19.8 Å². The third-order valence-electron chi connectivity index (χ3n) is 15.6. The van der Waals surface area contributed by atoms with Crippen molar-refractivity contribution in [3.05, 3.63) is 106 Å². The number of allylic oxidation sites excluding steroid dienone is 2. The molecular weight excluding hydrogens is 755 g/mol. The quantitative estimate of drug-likeness (QED) is 0.122. The van der Waals surface area contributed by atoms with Gasteiger partial charge in [-0.3, -0.25) is 9.59 Å². The fourth-order valence-electron chi connectivity index (χ4n) is 11.7. The number of benzene rings is 3. The van der Waals surface area contributed by atoms with Crippen molar-refractivity contribution in [3.63, 3.8) is 0 Å². The summed E-state index contributed by atoms with van der Waals surface area (Å²) >= 11 is 1.52. The molecule has 4 bridgehead atoms. The molecule has 3 aromatic carbocycles. The number of ketones is 1. The Hall–Kier alpha value is -3.98. The van der Waals surface area contributed by atoms with Gasteiger partial charge >= 0.3 is 0 Å². The first-order valence-corrected chi connectivity index (χ1v) is 22.8. The molecule has 10 rings (SSSR count). The Bertz CT molecular complexity index is 2200. The van der Waals surface area contributed by atoms with Gasteiger partial charge in [0.2, 0.25) is 11.7 Å². The van der Waals surface area contributed by atoms with Gasteiger partial charge in [-0.25, -0.2) is 0 Å². The normalized spacial score (nSPS) is 28.9. The van der Waals surface area contributed by atoms with Gasteiger partial charge in [-0.2, -0.15) is 0 Å². The molecule has 4 fully saturated rings. The van der Waals surface area contributed by atoms with E-state index in [1.54, 1.807) is 14.2 Å². The largest absolute Gasteiger partial charge is 0.493 e. The Labute approximate surface area is 354 Å². The molecule has 1 aromatic heterocycles. The number of fused-ring (bicyclic) bond motifs is 11. The Balaban J connectivity index is 1.18. The molecule has 1 amide bonds. The van der Waals surface area contributed by atoms with E-state index < -0.39 is 17.1 Å². The summed E-state index contributed by atoms with van der Waals surface area (Å²) in [5, 5.41) is 25.6. The van der Waals surface area contributed by atoms with E-state index in [2.05, 4.69) is 52.0 Å². The van der Waals surface area contributed by atoms with Crippen LogP contribution in [0.2, 0.25) is 0 Å². The van der Waals surface area contributed by atoms with Gasteiger partial charge in [0.1, 0.15) is 0 Å². The fourth-order valence-corrected chi connectivity index (χ4v) is 12.8. The van der Waals surface area contributed by atoms with Crippen LogP contribution in [-0.4, -0.2) is 65.8 Å². The predicted molar refractivity (Wildman–Crippen MR) is 237 cm³/mol. The van der Waals surface area contributed by atoms with Gasteiger partial charge in [0, 0.05) is 28.8 Å². The Kier molecular flexibility index (Phi) is 11.7. The molecule has 0 aliphatic heterocycles. The topological polar surface area (TPSA) is 96.3 Å². The van der Waals surface area contributed by atoms with Crippen molar-refractivity contribution in [1.82, 2.24) is 4.90 Å². The standard InChI is InChI=1S/C51H63NO6S/c1-32-10-9-22-50(4)41(39-19-14-33(24-38(53)18-13-32)25-40(39)48(55)46-28-35-11-7-8-12-45(35)59-46)21-23-51(50,56)31-52(30-36-16-17-37-29-42(36)49(37,2)3)47(54)27-34-15-20-43(57-5)44(26-34)58-6/h7-8,10-12,14-15,19-20,25-26,28,36-38,41-42,53,56H,9,13,16-18,21-24,27,29-31H2,1-6H3/t36-,37-,38-,41-,42-,50-,51+/m0/s1. The zero-order valence-electron chi connectivity index (χ0n) is 35.9. The summed E-state index contributed by atoms with van der Waals surface area (Å²) in [5.41, 5.74) is 3.05. The second-order valence-electron chi connectivity index (χ2n) is 19.3. The number of ether oxygens (including phenoxy) is 2. The second kappa shape index (κ2) is 16.5. The minimum absolute atomic E-state index is 0.0106. The van der Waals surface area contributed by atoms with Crippen molar-refractivity contribution in [2.45, 2.75) is 116 Å². The van der Waals surface area contributed by atoms with Crippen LogP contribution in [0.1, 0.15) is 123 Å². The zero-order valence-corrected chi connectivity index (χ0v) is 36.7. The highest BCUT2D eigenvalue weighted by Crippen LogP contribution is 2.62. The maximum absolute atomic E-state index is 14.8. The molecule has 0 spiro atoms. The third kappa shape index (κ3) is 7.90. The smallest absolute Gasteiger partial charge is 0.227 e. The highest BCUT2D eigenvalue weighted by molar-refractivity contribution is 7.21. The number of nitrogens with zero attached hydrogens (tertiary/aromatic N) is 1. The number of aliphatic hydroxyl groups is 2. The first-order chi connectivity index (χ1) is 28.2. The van der Waals surface area contributed by atoms with Gasteiger partial charge < -0.3 is 24.6 Å². The molecular formula is C51H63NO6S. The van der Waals surface area contributed by atoms with Crippen LogP contribution < -0.4 is 9.47 Å². The first-order valence-electron chi connectivity index (χ1n) is 21.9. The number of carbonyl (C=O) groups excluding carboxylic acids is 2. The van der Waals surface area contributed by atoms with Gasteiger partial charge in [-0.1, -0.05) is 68.8 Å². The fraction of sp³-hybridized carbons (Fsp3) is 0.529. The summed E-state index contributed by atoms with van der Waals surface area (Å²) in [4.78, 5) is 32.3. The van der Waals surface area contributed by atoms with Crippen LogP contribution in [0, 0.1) is 28.6 Å². The lowest BCUT2D eigenvalue weighted by molar-refractivity contribution is -0.149. The van der Waals surface area contributed by atoms with Crippen molar-refractivity contribution in [1.29, 1.82) is 0 Å². The minimum Gasteiger partial charge on any atom is -0.493 e. The number of amides is 1. The maximum Gasteiger partial charge on any atom is 0.227 e. The zero-order chi connectivity index (χ0) is 41.7. The number of hydrogen-bond acceptors (Lipinski definition) is 7. The van der Waals surface area contributed by atoms with Crippen molar-refractivity contribution in [2.75, 3.05) is 27.3 Å². The van der Waals surface area contributed by atoms with E-state index in [-0.39, 0.29) is 36.0 Å². The van der Waals surface area contributed by atoms with Crippen LogP contribution in [0.3, 0.4) is 0 Å². The average molecular weight is 818 g/mol. The minimum atomic E-state index is -1.21. The Morgan fingerprint density at radius 3 is 2.46 bits per heavy atom. The molecule has 7 nitrogen and oxygen atoms in total. The Morgan fingerprint density at radius 2 is 1.71 bits per heavy atom. The van der Waals surface area contributed by atoms with Crippen LogP contribution >= 0.6 is 11.3 Å². The molecule has 0 unspecified atom stereocenters. The lowest BCUT2D eigenvalue weighted by Gasteiger charge is -2.61. The van der Waals surface area contributed by atoms with E-state index >= 15 is 0 Å². The van der Waals surface area contributed by atoms with E-state index in [1.165, 1.54) is 29.8 Å². The summed E-state index contributed by atoms with van der Waals surface area (Å²) in [5.74, 6) is 2.77. The van der Waals surface area contributed by atoms with E-state index in [4.69, 9.17) is 9.47 Å². The molecule has 6 aliphatic carbocycles. The number of carbonyl (C=O) groups is 2. The van der Waals surface area contributed by atoms with Crippen molar-refractivity contribution in [3.8, 4) is 11.5 Å². The van der Waals surface area contributed by atoms with Crippen molar-refractivity contribution in [2.24, 2.45) is 28.6 Å². The van der Waals surface area contributed by atoms with Crippen molar-refractivity contribution >= 4 is 33.1 Å². The SMILES string of the molecule is COc1ccc(CC(=O)N(C[C@@H]2CC[C@H]3C[C@@H]2C3(C)C)C[C@]2(O)CC[C@H]3c4ccc(cc4C(=O)c4cc5ccccc5s4)C[C@@H](O)CCC(C)=CCC[C@@]32C)cc1OC. The number of methoxy groups -OCH3 is 2. The molecule has 1 heterocycles. The first kappa shape index (κ1) is 41.7. The predicted octanol–water partition coefficient (Wildman–Crippen LogP) is 10.3. The van der Waals surface area contributed by atoms with Crippen LogP contribution in [0.5, 0.6) is 11.5 Å². The van der Waals surface area contributed by atoms with E-state index in [0.29, 0.717) is 72.4 Å². The monoisotopic (exact) mass is 817 g/mol. The highest BCUT2D eigenvalue weighted by atomic mass is 32.1. The van der Waals surface area contributed by atoms with Crippen LogP contribution in [0.4, 0.5) is 0 Å². The average Bonchev–Trinajstić information content (AvgIpc) is 3.77. The van der Waals surface area contributed by atoms with E-state index in [0.717, 1.165) is 52.0 Å². The van der Waals surface area contributed by atoms with Gasteiger partial charge in [0.25, 0.3) is 0 Å². The molecule has 7 atom stereocenters. The molecule has 4 saturated carbocycles. The highest BCUT2D eigenvalue weighted by Gasteiger charge is 2.59. The van der Waals surface area contributed by atoms with Crippen LogP contribution in [0.25, 0.3) is 10.1 Å². The Morgan fingerprint density at radius 1 is 0.915 bits per heavy atom. The molecule has 0 radical (unpaired) electrons. The molecule has 314 valence electrons. The van der Waals surface area contributed by atoms with E-state index in [1.807, 2.05) is 53.4 Å². The molecule has 8 heteroatoms.